The van der Waals surface area contributed by atoms with Crippen LogP contribution in [-0.2, 0) is 9.53 Å². The van der Waals surface area contributed by atoms with Crippen LogP contribution in [0.5, 0.6) is 0 Å². The van der Waals surface area contributed by atoms with Crippen LogP contribution in [0.2, 0.25) is 0 Å². The second kappa shape index (κ2) is 6.59. The van der Waals surface area contributed by atoms with Gasteiger partial charge in [0.15, 0.2) is 0 Å². The van der Waals surface area contributed by atoms with Crippen LogP contribution < -0.4 is 5.32 Å². The lowest BCUT2D eigenvalue weighted by atomic mass is 10.1. The molecule has 2 aromatic heterocycles. The van der Waals surface area contributed by atoms with E-state index in [0.29, 0.717) is 34.9 Å². The number of rotatable bonds is 6. The van der Waals surface area contributed by atoms with Gasteiger partial charge in [0.25, 0.3) is 11.6 Å². The molecule has 3 rings (SSSR count). The van der Waals surface area contributed by atoms with E-state index >= 15 is 0 Å². The number of hydrogen-bond acceptors (Lipinski definition) is 6. The summed E-state index contributed by atoms with van der Waals surface area (Å²) in [6, 6.07) is 1.81. The van der Waals surface area contributed by atoms with E-state index in [1.807, 2.05) is 6.07 Å². The molecular weight excluding hydrogens is 310 g/mol. The quantitative estimate of drug-likeness (QED) is 0.817. The normalized spacial score (nSPS) is 15.3. The van der Waals surface area contributed by atoms with Crippen LogP contribution in [0, 0.1) is 12.8 Å². The van der Waals surface area contributed by atoms with Crippen LogP contribution >= 0.6 is 0 Å². The Kier molecular flexibility index (Phi) is 4.51. The summed E-state index contributed by atoms with van der Waals surface area (Å²) in [5, 5.41) is 7.34. The van der Waals surface area contributed by atoms with Crippen LogP contribution in [0.15, 0.2) is 10.6 Å². The van der Waals surface area contributed by atoms with E-state index < -0.39 is 5.92 Å². The SMILES string of the molecule is CCOC(=O)C(C)CNC(=O)c1cc(C2CC2)nc2onc(C)c12. The molecule has 1 aliphatic carbocycles. The Labute approximate surface area is 139 Å². The van der Waals surface area contributed by atoms with E-state index in [9.17, 15) is 9.59 Å². The number of ether oxygens (including phenoxy) is 1. The van der Waals surface area contributed by atoms with Gasteiger partial charge < -0.3 is 14.6 Å². The third-order valence-electron chi connectivity index (χ3n) is 4.13. The number of fused-ring (bicyclic) bond motifs is 1. The average molecular weight is 331 g/mol. The van der Waals surface area contributed by atoms with E-state index in [1.54, 1.807) is 20.8 Å². The van der Waals surface area contributed by atoms with E-state index in [4.69, 9.17) is 9.26 Å². The molecule has 0 radical (unpaired) electrons. The van der Waals surface area contributed by atoms with Gasteiger partial charge in [-0.25, -0.2) is 4.98 Å². The Bertz CT molecular complexity index is 779. The van der Waals surface area contributed by atoms with Crippen molar-refractivity contribution in [3.8, 4) is 0 Å². The third kappa shape index (κ3) is 3.25. The molecule has 1 amide bonds. The fourth-order valence-electron chi connectivity index (χ4n) is 2.59. The van der Waals surface area contributed by atoms with Crippen molar-refractivity contribution >= 4 is 23.0 Å². The first-order valence-electron chi connectivity index (χ1n) is 8.23. The molecular formula is C17H21N3O4. The molecule has 0 aliphatic heterocycles. The standard InChI is InChI=1S/C17H21N3O4/c1-4-23-17(22)9(2)8-18-15(21)12-7-13(11-5-6-11)19-16-14(12)10(3)20-24-16/h7,9,11H,4-6,8H2,1-3H3,(H,18,21). The fraction of sp³-hybridized carbons (Fsp3) is 0.529. The Hall–Kier alpha value is -2.44. The minimum atomic E-state index is -0.405. The van der Waals surface area contributed by atoms with Crippen LogP contribution in [0.3, 0.4) is 0 Å². The second-order valence-electron chi connectivity index (χ2n) is 6.18. The Morgan fingerprint density at radius 1 is 1.46 bits per heavy atom. The molecule has 2 aromatic rings. The maximum absolute atomic E-state index is 12.6. The fourth-order valence-corrected chi connectivity index (χ4v) is 2.59. The lowest BCUT2D eigenvalue weighted by Crippen LogP contribution is -2.32. The Morgan fingerprint density at radius 2 is 2.21 bits per heavy atom. The highest BCUT2D eigenvalue weighted by Gasteiger charge is 2.28. The second-order valence-corrected chi connectivity index (χ2v) is 6.18. The summed E-state index contributed by atoms with van der Waals surface area (Å²) in [5.74, 6) is -0.591. The largest absolute Gasteiger partial charge is 0.466 e. The first-order valence-corrected chi connectivity index (χ1v) is 8.23. The predicted molar refractivity (Wildman–Crippen MR) is 86.6 cm³/mol. The number of pyridine rings is 1. The molecule has 1 fully saturated rings. The predicted octanol–water partition coefficient (Wildman–Crippen LogP) is 2.34. The van der Waals surface area contributed by atoms with Crippen molar-refractivity contribution in [2.75, 3.05) is 13.2 Å². The van der Waals surface area contributed by atoms with Gasteiger partial charge in [-0.15, -0.1) is 0 Å². The topological polar surface area (TPSA) is 94.3 Å². The van der Waals surface area contributed by atoms with Gasteiger partial charge in [-0.1, -0.05) is 12.1 Å². The molecule has 1 atom stereocenters. The number of carbonyl (C=O) groups excluding carboxylic acids is 2. The number of amides is 1. The minimum Gasteiger partial charge on any atom is -0.466 e. The number of hydrogen-bond donors (Lipinski definition) is 1. The lowest BCUT2D eigenvalue weighted by molar-refractivity contribution is -0.147. The van der Waals surface area contributed by atoms with Gasteiger partial charge in [-0.2, -0.15) is 0 Å². The van der Waals surface area contributed by atoms with E-state index in [1.165, 1.54) is 0 Å². The first kappa shape index (κ1) is 16.4. The van der Waals surface area contributed by atoms with Crippen molar-refractivity contribution in [1.82, 2.24) is 15.5 Å². The minimum absolute atomic E-state index is 0.213. The summed E-state index contributed by atoms with van der Waals surface area (Å²) in [4.78, 5) is 28.8. The van der Waals surface area contributed by atoms with Gasteiger partial charge in [-0.3, -0.25) is 9.59 Å². The molecule has 1 aliphatic rings. The number of nitrogens with zero attached hydrogens (tertiary/aromatic N) is 2. The molecule has 2 heterocycles. The third-order valence-corrected chi connectivity index (χ3v) is 4.13. The number of aromatic nitrogens is 2. The van der Waals surface area contributed by atoms with Crippen molar-refractivity contribution in [3.63, 3.8) is 0 Å². The molecule has 1 N–H and O–H groups in total. The van der Waals surface area contributed by atoms with E-state index in [2.05, 4.69) is 15.5 Å². The van der Waals surface area contributed by atoms with Gasteiger partial charge >= 0.3 is 5.97 Å². The molecule has 1 unspecified atom stereocenters. The smallest absolute Gasteiger partial charge is 0.310 e. The highest BCUT2D eigenvalue weighted by atomic mass is 16.5. The van der Waals surface area contributed by atoms with Crippen LogP contribution in [-0.4, -0.2) is 35.2 Å². The molecule has 24 heavy (non-hydrogen) atoms. The number of nitrogens with one attached hydrogen (secondary N) is 1. The monoisotopic (exact) mass is 331 g/mol. The molecule has 0 aromatic carbocycles. The van der Waals surface area contributed by atoms with Crippen LogP contribution in [0.25, 0.3) is 11.1 Å². The first-order chi connectivity index (χ1) is 11.5. The highest BCUT2D eigenvalue weighted by molar-refractivity contribution is 6.06. The summed E-state index contributed by atoms with van der Waals surface area (Å²) < 4.78 is 10.2. The van der Waals surface area contributed by atoms with Crippen LogP contribution in [0.1, 0.15) is 54.4 Å². The van der Waals surface area contributed by atoms with Crippen LogP contribution in [0.4, 0.5) is 0 Å². The maximum atomic E-state index is 12.6. The van der Waals surface area contributed by atoms with E-state index in [-0.39, 0.29) is 18.4 Å². The summed E-state index contributed by atoms with van der Waals surface area (Å²) in [6.07, 6.45) is 2.15. The Balaban J connectivity index is 1.81. The maximum Gasteiger partial charge on any atom is 0.310 e. The summed E-state index contributed by atoms with van der Waals surface area (Å²) in [5.41, 5.74) is 2.38. The molecule has 0 saturated heterocycles. The lowest BCUT2D eigenvalue weighted by Gasteiger charge is -2.12. The van der Waals surface area contributed by atoms with Crippen molar-refractivity contribution in [1.29, 1.82) is 0 Å². The molecule has 7 heteroatoms. The van der Waals surface area contributed by atoms with Gasteiger partial charge in [0.05, 0.1) is 29.2 Å². The number of carbonyl (C=O) groups is 2. The van der Waals surface area contributed by atoms with Gasteiger partial charge in [-0.05, 0) is 32.8 Å². The summed E-state index contributed by atoms with van der Waals surface area (Å²) in [6.45, 7) is 5.80. The van der Waals surface area contributed by atoms with Crippen molar-refractivity contribution in [2.45, 2.75) is 39.5 Å². The summed E-state index contributed by atoms with van der Waals surface area (Å²) >= 11 is 0. The average Bonchev–Trinajstić information content (AvgIpc) is 3.36. The molecule has 7 nitrogen and oxygen atoms in total. The number of aryl methyl sites for hydroxylation is 1. The van der Waals surface area contributed by atoms with Gasteiger partial charge in [0.1, 0.15) is 0 Å². The van der Waals surface area contributed by atoms with Crippen molar-refractivity contribution in [3.05, 3.63) is 23.0 Å². The molecule has 1 saturated carbocycles. The van der Waals surface area contributed by atoms with Gasteiger partial charge in [0.2, 0.25) is 0 Å². The zero-order valence-electron chi connectivity index (χ0n) is 14.1. The van der Waals surface area contributed by atoms with Crippen molar-refractivity contribution in [2.24, 2.45) is 5.92 Å². The van der Waals surface area contributed by atoms with Crippen molar-refractivity contribution < 1.29 is 18.8 Å². The molecule has 0 bridgehead atoms. The molecule has 128 valence electrons. The van der Waals surface area contributed by atoms with E-state index in [0.717, 1.165) is 18.5 Å². The zero-order chi connectivity index (χ0) is 17.3. The van der Waals surface area contributed by atoms with Gasteiger partial charge in [0, 0.05) is 18.2 Å². The summed E-state index contributed by atoms with van der Waals surface area (Å²) in [7, 11) is 0. The number of esters is 1. The highest BCUT2D eigenvalue weighted by Crippen LogP contribution is 2.40. The zero-order valence-corrected chi connectivity index (χ0v) is 14.1. The molecule has 0 spiro atoms. The Morgan fingerprint density at radius 3 is 2.88 bits per heavy atom.